The van der Waals surface area contributed by atoms with Crippen LogP contribution in [0.5, 0.6) is 0 Å². The van der Waals surface area contributed by atoms with Gasteiger partial charge in [-0.05, 0) is 43.3 Å². The highest BCUT2D eigenvalue weighted by molar-refractivity contribution is 7.17. The maximum absolute atomic E-state index is 11.7. The highest BCUT2D eigenvalue weighted by Gasteiger charge is 2.17. The van der Waals surface area contributed by atoms with Crippen molar-refractivity contribution in [3.63, 3.8) is 0 Å². The van der Waals surface area contributed by atoms with Crippen molar-refractivity contribution in [2.45, 2.75) is 6.92 Å². The number of carbonyl (C=O) groups is 1. The molecule has 0 fully saturated rings. The number of carbonyl (C=O) groups excluding carboxylic acids is 1. The fourth-order valence-electron chi connectivity index (χ4n) is 3.83. The average molecular weight is 440 g/mol. The molecule has 0 saturated heterocycles. The van der Waals surface area contributed by atoms with Gasteiger partial charge in [-0.2, -0.15) is 10.2 Å². The van der Waals surface area contributed by atoms with Gasteiger partial charge in [-0.3, -0.25) is 19.6 Å². The van der Waals surface area contributed by atoms with E-state index in [-0.39, 0.29) is 5.78 Å². The van der Waals surface area contributed by atoms with Crippen molar-refractivity contribution in [1.82, 2.24) is 34.9 Å². The molecule has 6 heterocycles. The summed E-state index contributed by atoms with van der Waals surface area (Å²) in [4.78, 5) is 26.3. The van der Waals surface area contributed by atoms with Gasteiger partial charge in [-0.25, -0.2) is 4.98 Å². The lowest BCUT2D eigenvalue weighted by molar-refractivity contribution is 0.102. The SMILES string of the molecule is CC(=O)c1ccc(-c2nccc3[nH]c(-c4n[nH]c5ccc(-c6cnn(C)c6)nc45)cc23)s1. The third-order valence-electron chi connectivity index (χ3n) is 5.40. The van der Waals surface area contributed by atoms with E-state index in [0.717, 1.165) is 60.0 Å². The van der Waals surface area contributed by atoms with Gasteiger partial charge >= 0.3 is 0 Å². The third-order valence-corrected chi connectivity index (χ3v) is 6.59. The quantitative estimate of drug-likeness (QED) is 0.383. The monoisotopic (exact) mass is 439 g/mol. The number of aromatic amines is 2. The maximum atomic E-state index is 11.7. The van der Waals surface area contributed by atoms with Crippen LogP contribution in [0.4, 0.5) is 0 Å². The number of hydrogen-bond acceptors (Lipinski definition) is 6. The highest BCUT2D eigenvalue weighted by Crippen LogP contribution is 2.35. The summed E-state index contributed by atoms with van der Waals surface area (Å²) in [5.41, 5.74) is 6.79. The van der Waals surface area contributed by atoms with Crippen LogP contribution in [0.25, 0.3) is 55.2 Å². The minimum absolute atomic E-state index is 0.0571. The van der Waals surface area contributed by atoms with Gasteiger partial charge in [-0.15, -0.1) is 11.3 Å². The number of H-pyrrole nitrogens is 2. The second-order valence-electron chi connectivity index (χ2n) is 7.59. The van der Waals surface area contributed by atoms with E-state index in [9.17, 15) is 4.79 Å². The standard InChI is InChI=1S/C23H17N7OS/c1-12(31)19-5-6-20(32-19)21-14-9-18(26-16(14)7-8-24-21)23-22-17(28-29-23)4-3-15(27-22)13-10-25-30(2)11-13/h3-11,26H,1-2H3,(H,28,29). The van der Waals surface area contributed by atoms with E-state index >= 15 is 0 Å². The number of rotatable bonds is 4. The van der Waals surface area contributed by atoms with Crippen LogP contribution in [-0.2, 0) is 7.05 Å². The fraction of sp³-hybridized carbons (Fsp3) is 0.0870. The minimum atomic E-state index is 0.0571. The van der Waals surface area contributed by atoms with E-state index in [0.29, 0.717) is 0 Å². The molecule has 0 amide bonds. The van der Waals surface area contributed by atoms with Crippen molar-refractivity contribution < 1.29 is 4.79 Å². The largest absolute Gasteiger partial charge is 0.353 e. The van der Waals surface area contributed by atoms with E-state index in [1.165, 1.54) is 11.3 Å². The molecule has 0 aliphatic heterocycles. The summed E-state index contributed by atoms with van der Waals surface area (Å²) in [6.45, 7) is 1.58. The molecule has 32 heavy (non-hydrogen) atoms. The zero-order valence-corrected chi connectivity index (χ0v) is 18.1. The topological polar surface area (TPSA) is 105 Å². The van der Waals surface area contributed by atoms with Crippen LogP contribution >= 0.6 is 11.3 Å². The summed E-state index contributed by atoms with van der Waals surface area (Å²) in [5, 5.41) is 12.8. The Hall–Kier alpha value is -4.11. The molecule has 6 aromatic heterocycles. The zero-order valence-electron chi connectivity index (χ0n) is 17.2. The van der Waals surface area contributed by atoms with Crippen LogP contribution < -0.4 is 0 Å². The molecule has 6 rings (SSSR count). The van der Waals surface area contributed by atoms with Gasteiger partial charge in [0.25, 0.3) is 0 Å². The molecule has 0 spiro atoms. The Balaban J connectivity index is 1.49. The normalized spacial score (nSPS) is 11.6. The van der Waals surface area contributed by atoms with Gasteiger partial charge in [0.1, 0.15) is 11.2 Å². The highest BCUT2D eigenvalue weighted by atomic mass is 32.1. The van der Waals surface area contributed by atoms with Crippen molar-refractivity contribution in [2.75, 3.05) is 0 Å². The maximum Gasteiger partial charge on any atom is 0.169 e. The van der Waals surface area contributed by atoms with Crippen molar-refractivity contribution >= 4 is 39.1 Å². The Labute approximate surface area is 186 Å². The second-order valence-corrected chi connectivity index (χ2v) is 8.68. The van der Waals surface area contributed by atoms with E-state index in [2.05, 4.69) is 25.3 Å². The average Bonchev–Trinajstić information content (AvgIpc) is 3.56. The first kappa shape index (κ1) is 18.6. The molecule has 0 aromatic carbocycles. The number of ketones is 1. The summed E-state index contributed by atoms with van der Waals surface area (Å²) in [6, 6.07) is 11.7. The van der Waals surface area contributed by atoms with Crippen LogP contribution in [0.1, 0.15) is 16.6 Å². The molecule has 2 N–H and O–H groups in total. The lowest BCUT2D eigenvalue weighted by Crippen LogP contribution is -1.86. The number of thiophene rings is 1. The predicted octanol–water partition coefficient (Wildman–Crippen LogP) is 4.83. The third kappa shape index (κ3) is 2.94. The molecule has 156 valence electrons. The number of hydrogen-bond donors (Lipinski definition) is 2. The Morgan fingerprint density at radius 2 is 2.00 bits per heavy atom. The second kappa shape index (κ2) is 6.96. The summed E-state index contributed by atoms with van der Waals surface area (Å²) in [5.74, 6) is 0.0571. The van der Waals surface area contributed by atoms with Crippen LogP contribution in [0.2, 0.25) is 0 Å². The molecule has 0 saturated carbocycles. The van der Waals surface area contributed by atoms with Crippen molar-refractivity contribution in [1.29, 1.82) is 0 Å². The Morgan fingerprint density at radius 3 is 2.78 bits per heavy atom. The smallest absolute Gasteiger partial charge is 0.169 e. The molecule has 0 atom stereocenters. The number of nitrogens with zero attached hydrogens (tertiary/aromatic N) is 5. The van der Waals surface area contributed by atoms with Crippen LogP contribution in [-0.4, -0.2) is 40.7 Å². The van der Waals surface area contributed by atoms with Gasteiger partial charge in [0.15, 0.2) is 5.78 Å². The van der Waals surface area contributed by atoms with Gasteiger partial charge in [0.2, 0.25) is 0 Å². The molecule has 8 nitrogen and oxygen atoms in total. The Bertz CT molecular complexity index is 1630. The van der Waals surface area contributed by atoms with Crippen LogP contribution in [0.15, 0.2) is 55.0 Å². The molecule has 0 unspecified atom stereocenters. The minimum Gasteiger partial charge on any atom is -0.353 e. The lowest BCUT2D eigenvalue weighted by atomic mass is 10.1. The Morgan fingerprint density at radius 1 is 1.09 bits per heavy atom. The van der Waals surface area contributed by atoms with E-state index < -0.39 is 0 Å². The first-order valence-corrected chi connectivity index (χ1v) is 10.8. The van der Waals surface area contributed by atoms with E-state index in [1.54, 1.807) is 24.0 Å². The summed E-state index contributed by atoms with van der Waals surface area (Å²) < 4.78 is 1.76. The molecule has 0 aliphatic rings. The number of fused-ring (bicyclic) bond motifs is 2. The Kier molecular flexibility index (Phi) is 4.05. The van der Waals surface area contributed by atoms with E-state index in [1.807, 2.05) is 49.6 Å². The summed E-state index contributed by atoms with van der Waals surface area (Å²) in [7, 11) is 1.88. The number of aryl methyl sites for hydroxylation is 1. The first-order chi connectivity index (χ1) is 15.6. The van der Waals surface area contributed by atoms with Crippen molar-refractivity contribution in [3.05, 3.63) is 59.9 Å². The zero-order chi connectivity index (χ0) is 21.8. The molecule has 0 aliphatic carbocycles. The van der Waals surface area contributed by atoms with Crippen LogP contribution in [0, 0.1) is 0 Å². The number of Topliss-reactive ketones (excluding diaryl/α,β-unsaturated/α-hetero) is 1. The van der Waals surface area contributed by atoms with E-state index in [4.69, 9.17) is 4.98 Å². The fourth-order valence-corrected chi connectivity index (χ4v) is 4.75. The molecule has 9 heteroatoms. The lowest BCUT2D eigenvalue weighted by Gasteiger charge is -1.98. The molecule has 0 bridgehead atoms. The van der Waals surface area contributed by atoms with Crippen molar-refractivity contribution in [3.8, 4) is 33.2 Å². The number of nitrogens with one attached hydrogen (secondary N) is 2. The van der Waals surface area contributed by atoms with Gasteiger partial charge in [0.05, 0.1) is 38.5 Å². The molecule has 6 aromatic rings. The van der Waals surface area contributed by atoms with Gasteiger partial charge in [-0.1, -0.05) is 0 Å². The van der Waals surface area contributed by atoms with Crippen LogP contribution in [0.3, 0.4) is 0 Å². The first-order valence-electron chi connectivity index (χ1n) is 10.0. The molecule has 0 radical (unpaired) electrons. The summed E-state index contributed by atoms with van der Waals surface area (Å²) >= 11 is 1.45. The summed E-state index contributed by atoms with van der Waals surface area (Å²) in [6.07, 6.45) is 5.50. The van der Waals surface area contributed by atoms with Gasteiger partial charge < -0.3 is 4.98 Å². The van der Waals surface area contributed by atoms with Crippen molar-refractivity contribution in [2.24, 2.45) is 7.05 Å². The number of pyridine rings is 2. The molecular formula is C23H17N7OS. The molecular weight excluding hydrogens is 422 g/mol. The van der Waals surface area contributed by atoms with Gasteiger partial charge in [0, 0.05) is 35.9 Å². The number of aromatic nitrogens is 7. The predicted molar refractivity (Wildman–Crippen MR) is 124 cm³/mol.